The van der Waals surface area contributed by atoms with Crippen LogP contribution in [-0.4, -0.2) is 61.1 Å². The van der Waals surface area contributed by atoms with Crippen molar-refractivity contribution >= 4 is 28.2 Å². The number of carbonyl (C=O) groups is 1. The second-order valence-corrected chi connectivity index (χ2v) is 8.63. The number of piperazine rings is 1. The van der Waals surface area contributed by atoms with Crippen LogP contribution in [-0.2, 0) is 11.2 Å². The molecule has 1 amide bonds. The number of rotatable bonds is 5. The van der Waals surface area contributed by atoms with Gasteiger partial charge in [-0.3, -0.25) is 9.69 Å². The molecule has 3 N–H and O–H groups in total. The maximum atomic E-state index is 13.0. The van der Waals surface area contributed by atoms with Crippen LogP contribution in [0.25, 0.3) is 10.9 Å². The first-order chi connectivity index (χ1) is 15.2. The average molecular weight is 418 g/mol. The van der Waals surface area contributed by atoms with Gasteiger partial charge < -0.3 is 20.5 Å². The molecular weight excluding hydrogens is 386 g/mol. The first-order valence-electron chi connectivity index (χ1n) is 11.4. The molecule has 2 aliphatic heterocycles. The second kappa shape index (κ2) is 8.73. The van der Waals surface area contributed by atoms with Gasteiger partial charge in [-0.1, -0.05) is 24.3 Å². The summed E-state index contributed by atoms with van der Waals surface area (Å²) in [6.45, 7) is 5.35. The molecule has 1 atom stereocenters. The van der Waals surface area contributed by atoms with Gasteiger partial charge in [0.25, 0.3) is 0 Å². The summed E-state index contributed by atoms with van der Waals surface area (Å²) in [5.74, 6) is 0.150. The summed E-state index contributed by atoms with van der Waals surface area (Å²) in [5, 5.41) is 1.29. The summed E-state index contributed by atoms with van der Waals surface area (Å²) >= 11 is 0. The SMILES string of the molecule is NCCC(=O)N1c2ccccc2CCC1CN1CCN(c2cccc3[nH]ccc23)CC1. The Morgan fingerprint density at radius 2 is 1.81 bits per heavy atom. The minimum absolute atomic E-state index is 0.150. The lowest BCUT2D eigenvalue weighted by Gasteiger charge is -2.42. The van der Waals surface area contributed by atoms with Gasteiger partial charge in [0.05, 0.1) is 0 Å². The number of carbonyl (C=O) groups excluding carboxylic acids is 1. The van der Waals surface area contributed by atoms with Gasteiger partial charge in [-0.25, -0.2) is 0 Å². The maximum Gasteiger partial charge on any atom is 0.228 e. The number of fused-ring (bicyclic) bond motifs is 2. The fourth-order valence-electron chi connectivity index (χ4n) is 5.17. The van der Waals surface area contributed by atoms with Gasteiger partial charge in [0.15, 0.2) is 0 Å². The van der Waals surface area contributed by atoms with Crippen LogP contribution in [0.5, 0.6) is 0 Å². The summed E-state index contributed by atoms with van der Waals surface area (Å²) < 4.78 is 0. The van der Waals surface area contributed by atoms with Gasteiger partial charge >= 0.3 is 0 Å². The molecule has 1 aromatic heterocycles. The molecule has 2 aliphatic rings. The van der Waals surface area contributed by atoms with E-state index in [1.165, 1.54) is 22.2 Å². The van der Waals surface area contributed by atoms with E-state index in [0.717, 1.165) is 51.3 Å². The molecule has 162 valence electrons. The number of para-hydroxylation sites is 1. The third kappa shape index (κ3) is 3.93. The monoisotopic (exact) mass is 417 g/mol. The van der Waals surface area contributed by atoms with E-state index in [0.29, 0.717) is 13.0 Å². The molecule has 3 heterocycles. The molecule has 0 aliphatic carbocycles. The number of benzene rings is 2. The van der Waals surface area contributed by atoms with E-state index in [9.17, 15) is 4.79 Å². The molecule has 31 heavy (non-hydrogen) atoms. The summed E-state index contributed by atoms with van der Waals surface area (Å²) in [6, 6.07) is 17.2. The Bertz CT molecular complexity index is 1050. The number of nitrogens with one attached hydrogen (secondary N) is 1. The third-order valence-corrected chi connectivity index (χ3v) is 6.74. The third-order valence-electron chi connectivity index (χ3n) is 6.74. The zero-order valence-corrected chi connectivity index (χ0v) is 18.0. The highest BCUT2D eigenvalue weighted by molar-refractivity contribution is 5.95. The zero-order chi connectivity index (χ0) is 21.2. The Kier molecular flexibility index (Phi) is 5.66. The molecule has 0 radical (unpaired) electrons. The molecule has 1 fully saturated rings. The van der Waals surface area contributed by atoms with Gasteiger partial charge in [0.1, 0.15) is 0 Å². The topological polar surface area (TPSA) is 68.6 Å². The number of nitrogens with zero attached hydrogens (tertiary/aromatic N) is 3. The van der Waals surface area contributed by atoms with Crippen molar-refractivity contribution in [1.29, 1.82) is 0 Å². The van der Waals surface area contributed by atoms with Crippen LogP contribution in [0, 0.1) is 0 Å². The highest BCUT2D eigenvalue weighted by Gasteiger charge is 2.32. The standard InChI is InChI=1S/C25H31N5O/c26-12-10-25(31)30-20(9-8-19-4-1-2-6-23(19)30)18-28-14-16-29(17-15-28)24-7-3-5-22-21(24)11-13-27-22/h1-7,11,13,20,27H,8-10,12,14-18,26H2. The fraction of sp³-hybridized carbons (Fsp3) is 0.400. The molecule has 5 rings (SSSR count). The minimum Gasteiger partial charge on any atom is -0.368 e. The number of aromatic amines is 1. The molecule has 1 unspecified atom stereocenters. The van der Waals surface area contributed by atoms with Crippen LogP contribution in [0.15, 0.2) is 54.7 Å². The first-order valence-corrected chi connectivity index (χ1v) is 11.4. The normalized spacial score (nSPS) is 19.6. The van der Waals surface area contributed by atoms with Crippen molar-refractivity contribution < 1.29 is 4.79 Å². The van der Waals surface area contributed by atoms with Gasteiger partial charge in [-0.05, 0) is 42.7 Å². The van der Waals surface area contributed by atoms with E-state index >= 15 is 0 Å². The largest absolute Gasteiger partial charge is 0.368 e. The lowest BCUT2D eigenvalue weighted by atomic mass is 9.94. The molecular formula is C25H31N5O. The predicted octanol–water partition coefficient (Wildman–Crippen LogP) is 2.99. The van der Waals surface area contributed by atoms with E-state index in [1.54, 1.807) is 0 Å². The number of hydrogen-bond donors (Lipinski definition) is 2. The Morgan fingerprint density at radius 1 is 1.00 bits per heavy atom. The molecule has 0 saturated carbocycles. The lowest BCUT2D eigenvalue weighted by molar-refractivity contribution is -0.119. The fourth-order valence-corrected chi connectivity index (χ4v) is 5.17. The molecule has 6 nitrogen and oxygen atoms in total. The van der Waals surface area contributed by atoms with E-state index in [4.69, 9.17) is 5.73 Å². The number of anilines is 2. The van der Waals surface area contributed by atoms with E-state index < -0.39 is 0 Å². The van der Waals surface area contributed by atoms with Gasteiger partial charge in [-0.15, -0.1) is 0 Å². The minimum atomic E-state index is 0.150. The summed E-state index contributed by atoms with van der Waals surface area (Å²) in [7, 11) is 0. The van der Waals surface area contributed by atoms with Crippen molar-refractivity contribution in [1.82, 2.24) is 9.88 Å². The highest BCUT2D eigenvalue weighted by Crippen LogP contribution is 2.32. The van der Waals surface area contributed by atoms with Crippen molar-refractivity contribution in [3.05, 3.63) is 60.3 Å². The van der Waals surface area contributed by atoms with E-state index in [1.807, 2.05) is 17.2 Å². The summed E-state index contributed by atoms with van der Waals surface area (Å²) in [4.78, 5) is 23.3. The molecule has 0 spiro atoms. The predicted molar refractivity (Wildman–Crippen MR) is 127 cm³/mol. The van der Waals surface area contributed by atoms with Crippen LogP contribution < -0.4 is 15.5 Å². The van der Waals surface area contributed by atoms with Crippen molar-refractivity contribution in [3.8, 4) is 0 Å². The zero-order valence-electron chi connectivity index (χ0n) is 18.0. The highest BCUT2D eigenvalue weighted by atomic mass is 16.2. The average Bonchev–Trinajstić information content (AvgIpc) is 3.29. The number of aromatic nitrogens is 1. The Labute approximate surface area is 183 Å². The molecule has 0 bridgehead atoms. The molecule has 6 heteroatoms. The van der Waals surface area contributed by atoms with Gasteiger partial charge in [0, 0.05) is 80.2 Å². The first kappa shape index (κ1) is 20.1. The van der Waals surface area contributed by atoms with Gasteiger partial charge in [-0.2, -0.15) is 0 Å². The maximum absolute atomic E-state index is 13.0. The number of H-pyrrole nitrogens is 1. The number of amides is 1. The van der Waals surface area contributed by atoms with Crippen molar-refractivity contribution in [2.75, 3.05) is 49.1 Å². The molecule has 3 aromatic rings. The van der Waals surface area contributed by atoms with Crippen LogP contribution in [0.3, 0.4) is 0 Å². The summed E-state index contributed by atoms with van der Waals surface area (Å²) in [5.41, 5.74) is 10.6. The quantitative estimate of drug-likeness (QED) is 0.670. The Balaban J connectivity index is 1.28. The van der Waals surface area contributed by atoms with Crippen LogP contribution in [0.4, 0.5) is 11.4 Å². The van der Waals surface area contributed by atoms with Crippen molar-refractivity contribution in [2.45, 2.75) is 25.3 Å². The second-order valence-electron chi connectivity index (χ2n) is 8.63. The van der Waals surface area contributed by atoms with Crippen LogP contribution in [0.2, 0.25) is 0 Å². The van der Waals surface area contributed by atoms with Crippen LogP contribution >= 0.6 is 0 Å². The molecule has 2 aromatic carbocycles. The Hall–Kier alpha value is -2.83. The van der Waals surface area contributed by atoms with Gasteiger partial charge in [0.2, 0.25) is 5.91 Å². The van der Waals surface area contributed by atoms with Crippen LogP contribution in [0.1, 0.15) is 18.4 Å². The van der Waals surface area contributed by atoms with Crippen molar-refractivity contribution in [2.24, 2.45) is 5.73 Å². The number of hydrogen-bond acceptors (Lipinski definition) is 4. The lowest BCUT2D eigenvalue weighted by Crippen LogP contribution is -2.54. The molecule has 1 saturated heterocycles. The number of aryl methyl sites for hydroxylation is 1. The van der Waals surface area contributed by atoms with Crippen molar-refractivity contribution in [3.63, 3.8) is 0 Å². The smallest absolute Gasteiger partial charge is 0.228 e. The Morgan fingerprint density at radius 3 is 2.65 bits per heavy atom. The van der Waals surface area contributed by atoms with E-state index in [-0.39, 0.29) is 11.9 Å². The van der Waals surface area contributed by atoms with E-state index in [2.05, 4.69) is 57.2 Å². The summed E-state index contributed by atoms with van der Waals surface area (Å²) in [6.07, 6.45) is 4.45. The number of nitrogens with two attached hydrogens (primary N) is 1.